The average molecular weight is 341 g/mol. The van der Waals surface area contributed by atoms with Crippen LogP contribution in [0.15, 0.2) is 42.5 Å². The average Bonchev–Trinajstić information content (AvgIpc) is 2.96. The summed E-state index contributed by atoms with van der Waals surface area (Å²) < 4.78 is 6.39. The molecule has 3 rings (SSSR count). The number of hydrogen-bond acceptors (Lipinski definition) is 5. The first-order valence-corrected chi connectivity index (χ1v) is 8.13. The first-order valence-electron chi connectivity index (χ1n) is 7.31. The Bertz CT molecular complexity index is 903. The molecule has 3 aromatic rings. The lowest BCUT2D eigenvalue weighted by Gasteiger charge is -2.02. The minimum atomic E-state index is -0.529. The van der Waals surface area contributed by atoms with E-state index in [0.29, 0.717) is 22.9 Å². The SMILES string of the molecule is CCOc1ccc2nc(NC(=O)c3ccc(C(N)=O)cc3)sc2c1. The zero-order valence-electron chi connectivity index (χ0n) is 12.9. The van der Waals surface area contributed by atoms with Crippen LogP contribution in [0.3, 0.4) is 0 Å². The van der Waals surface area contributed by atoms with Crippen LogP contribution in [0.2, 0.25) is 0 Å². The van der Waals surface area contributed by atoms with Crippen molar-refractivity contribution >= 4 is 38.5 Å². The summed E-state index contributed by atoms with van der Waals surface area (Å²) in [5, 5.41) is 3.26. The maximum absolute atomic E-state index is 12.3. The van der Waals surface area contributed by atoms with Crippen LogP contribution in [0, 0.1) is 0 Å². The van der Waals surface area contributed by atoms with Crippen molar-refractivity contribution in [2.45, 2.75) is 6.92 Å². The predicted molar refractivity (Wildman–Crippen MR) is 93.7 cm³/mol. The van der Waals surface area contributed by atoms with Gasteiger partial charge >= 0.3 is 0 Å². The zero-order chi connectivity index (χ0) is 17.1. The van der Waals surface area contributed by atoms with E-state index in [9.17, 15) is 9.59 Å². The molecule has 6 nitrogen and oxygen atoms in total. The van der Waals surface area contributed by atoms with Gasteiger partial charge < -0.3 is 10.5 Å². The Balaban J connectivity index is 1.78. The van der Waals surface area contributed by atoms with E-state index in [1.165, 1.54) is 23.5 Å². The predicted octanol–water partition coefficient (Wildman–Crippen LogP) is 3.05. The molecule has 1 heterocycles. The van der Waals surface area contributed by atoms with Crippen LogP contribution >= 0.6 is 11.3 Å². The Morgan fingerprint density at radius 2 is 1.88 bits per heavy atom. The van der Waals surface area contributed by atoms with E-state index in [2.05, 4.69) is 10.3 Å². The largest absolute Gasteiger partial charge is 0.494 e. The second-order valence-corrected chi connectivity index (χ2v) is 6.01. The molecule has 0 radical (unpaired) electrons. The van der Waals surface area contributed by atoms with Crippen LogP contribution in [0.1, 0.15) is 27.6 Å². The number of thiazole rings is 1. The molecule has 0 unspecified atom stereocenters. The number of rotatable bonds is 5. The van der Waals surface area contributed by atoms with Gasteiger partial charge in [-0.2, -0.15) is 0 Å². The van der Waals surface area contributed by atoms with Crippen LogP contribution < -0.4 is 15.8 Å². The number of aromatic nitrogens is 1. The standard InChI is InChI=1S/C17H15N3O3S/c1-2-23-12-7-8-13-14(9-12)24-17(19-13)20-16(22)11-5-3-10(4-6-11)15(18)21/h3-9H,2H2,1H3,(H2,18,21)(H,19,20,22). The van der Waals surface area contributed by atoms with Crippen molar-refractivity contribution in [3.05, 3.63) is 53.6 Å². The van der Waals surface area contributed by atoms with Crippen molar-refractivity contribution < 1.29 is 14.3 Å². The minimum Gasteiger partial charge on any atom is -0.494 e. The monoisotopic (exact) mass is 341 g/mol. The summed E-state index contributed by atoms with van der Waals surface area (Å²) in [7, 11) is 0. The third-order valence-electron chi connectivity index (χ3n) is 3.32. The number of fused-ring (bicyclic) bond motifs is 1. The fourth-order valence-corrected chi connectivity index (χ4v) is 3.06. The first kappa shape index (κ1) is 15.9. The molecule has 2 amide bonds. The zero-order valence-corrected chi connectivity index (χ0v) is 13.7. The van der Waals surface area contributed by atoms with Crippen molar-refractivity contribution in [3.63, 3.8) is 0 Å². The Hall–Kier alpha value is -2.93. The van der Waals surface area contributed by atoms with Crippen LogP contribution in [0.4, 0.5) is 5.13 Å². The van der Waals surface area contributed by atoms with Gasteiger partial charge in [0.1, 0.15) is 5.75 Å². The third kappa shape index (κ3) is 3.36. The summed E-state index contributed by atoms with van der Waals surface area (Å²) in [6, 6.07) is 11.7. The van der Waals surface area contributed by atoms with Gasteiger partial charge in [0.2, 0.25) is 5.91 Å². The van der Waals surface area contributed by atoms with E-state index in [4.69, 9.17) is 10.5 Å². The lowest BCUT2D eigenvalue weighted by Crippen LogP contribution is -2.14. The summed E-state index contributed by atoms with van der Waals surface area (Å²) in [4.78, 5) is 27.7. The van der Waals surface area contributed by atoms with Crippen LogP contribution in [-0.4, -0.2) is 23.4 Å². The number of nitrogens with zero attached hydrogens (tertiary/aromatic N) is 1. The van der Waals surface area contributed by atoms with E-state index in [1.54, 1.807) is 12.1 Å². The second kappa shape index (κ2) is 6.67. The molecule has 1 aromatic heterocycles. The molecule has 0 aliphatic heterocycles. The number of nitrogens with one attached hydrogen (secondary N) is 1. The molecule has 0 saturated heterocycles. The van der Waals surface area contributed by atoms with E-state index >= 15 is 0 Å². The molecule has 0 atom stereocenters. The van der Waals surface area contributed by atoms with Crippen molar-refractivity contribution in [3.8, 4) is 5.75 Å². The van der Waals surface area contributed by atoms with E-state index in [0.717, 1.165) is 16.0 Å². The lowest BCUT2D eigenvalue weighted by atomic mass is 10.1. The topological polar surface area (TPSA) is 94.3 Å². The molecule has 24 heavy (non-hydrogen) atoms. The number of ether oxygens (including phenoxy) is 1. The Morgan fingerprint density at radius 3 is 2.54 bits per heavy atom. The van der Waals surface area contributed by atoms with Gasteiger partial charge in [-0.1, -0.05) is 11.3 Å². The number of nitrogens with two attached hydrogens (primary N) is 1. The van der Waals surface area contributed by atoms with Crippen LogP contribution in [0.5, 0.6) is 5.75 Å². The summed E-state index contributed by atoms with van der Waals surface area (Å²) in [5.74, 6) is -0.0538. The Morgan fingerprint density at radius 1 is 1.17 bits per heavy atom. The molecular formula is C17H15N3O3S. The number of carbonyl (C=O) groups excluding carboxylic acids is 2. The highest BCUT2D eigenvalue weighted by Crippen LogP contribution is 2.29. The van der Waals surface area contributed by atoms with Gasteiger partial charge in [0.05, 0.1) is 16.8 Å². The summed E-state index contributed by atoms with van der Waals surface area (Å²) >= 11 is 1.37. The van der Waals surface area contributed by atoms with Crippen LogP contribution in [0.25, 0.3) is 10.2 Å². The highest BCUT2D eigenvalue weighted by molar-refractivity contribution is 7.22. The molecular weight excluding hydrogens is 326 g/mol. The molecule has 0 fully saturated rings. The molecule has 2 aromatic carbocycles. The molecule has 7 heteroatoms. The van der Waals surface area contributed by atoms with Gasteiger partial charge in [0.15, 0.2) is 5.13 Å². The smallest absolute Gasteiger partial charge is 0.257 e. The van der Waals surface area contributed by atoms with Gasteiger partial charge in [-0.05, 0) is 49.4 Å². The van der Waals surface area contributed by atoms with E-state index < -0.39 is 5.91 Å². The van der Waals surface area contributed by atoms with Gasteiger partial charge in [-0.25, -0.2) is 4.98 Å². The quantitative estimate of drug-likeness (QED) is 0.746. The van der Waals surface area contributed by atoms with E-state index in [-0.39, 0.29) is 5.91 Å². The van der Waals surface area contributed by atoms with Crippen LogP contribution in [-0.2, 0) is 0 Å². The normalized spacial score (nSPS) is 10.5. The van der Waals surface area contributed by atoms with Crippen molar-refractivity contribution in [2.75, 3.05) is 11.9 Å². The first-order chi connectivity index (χ1) is 11.6. The molecule has 122 valence electrons. The number of anilines is 1. The molecule has 0 aliphatic rings. The maximum atomic E-state index is 12.3. The molecule has 0 spiro atoms. The summed E-state index contributed by atoms with van der Waals surface area (Å²) in [6.45, 7) is 2.52. The fourth-order valence-electron chi connectivity index (χ4n) is 2.17. The lowest BCUT2D eigenvalue weighted by molar-refractivity contribution is 0.0995. The van der Waals surface area contributed by atoms with Gasteiger partial charge in [-0.15, -0.1) is 0 Å². The molecule has 3 N–H and O–H groups in total. The molecule has 0 bridgehead atoms. The number of carbonyl (C=O) groups is 2. The van der Waals surface area contributed by atoms with Gasteiger partial charge in [0.25, 0.3) is 5.91 Å². The van der Waals surface area contributed by atoms with E-state index in [1.807, 2.05) is 25.1 Å². The van der Waals surface area contributed by atoms with Crippen molar-refractivity contribution in [2.24, 2.45) is 5.73 Å². The number of hydrogen-bond donors (Lipinski definition) is 2. The number of benzene rings is 2. The number of primary amides is 1. The Labute approximate surface area is 142 Å². The van der Waals surface area contributed by atoms with Crippen molar-refractivity contribution in [1.82, 2.24) is 4.98 Å². The second-order valence-electron chi connectivity index (χ2n) is 4.98. The fraction of sp³-hybridized carbons (Fsp3) is 0.118. The molecule has 0 aliphatic carbocycles. The summed E-state index contributed by atoms with van der Waals surface area (Å²) in [5.41, 5.74) is 6.76. The summed E-state index contributed by atoms with van der Waals surface area (Å²) in [6.07, 6.45) is 0. The number of amides is 2. The van der Waals surface area contributed by atoms with Gasteiger partial charge in [0, 0.05) is 11.1 Å². The minimum absolute atomic E-state index is 0.296. The highest BCUT2D eigenvalue weighted by atomic mass is 32.1. The van der Waals surface area contributed by atoms with Gasteiger partial charge in [-0.3, -0.25) is 14.9 Å². The molecule has 0 saturated carbocycles. The highest BCUT2D eigenvalue weighted by Gasteiger charge is 2.11. The third-order valence-corrected chi connectivity index (χ3v) is 4.26. The maximum Gasteiger partial charge on any atom is 0.257 e. The van der Waals surface area contributed by atoms with Crippen molar-refractivity contribution in [1.29, 1.82) is 0 Å². The Kier molecular flexibility index (Phi) is 4.43.